The van der Waals surface area contributed by atoms with Crippen LogP contribution in [0.5, 0.6) is 0 Å². The fraction of sp³-hybridized carbons (Fsp3) is 0.375. The predicted octanol–water partition coefficient (Wildman–Crippen LogP) is 2.99. The highest BCUT2D eigenvalue weighted by Gasteiger charge is 2.32. The summed E-state index contributed by atoms with van der Waals surface area (Å²) in [6, 6.07) is 10.6. The molecule has 0 aliphatic carbocycles. The normalized spacial score (nSPS) is 17.3. The molecule has 2 aromatic heterocycles. The van der Waals surface area contributed by atoms with Gasteiger partial charge in [0, 0.05) is 37.5 Å². The largest absolute Gasteiger partial charge is 0.459 e. The number of hydrogen-bond donors (Lipinski definition) is 1. The molecule has 3 amide bonds. The Hall–Kier alpha value is -3.59. The smallest absolute Gasteiger partial charge is 0.291 e. The third kappa shape index (κ3) is 4.23. The second kappa shape index (κ2) is 9.11. The molecule has 0 saturated carbocycles. The lowest BCUT2D eigenvalue weighted by Crippen LogP contribution is -2.42. The van der Waals surface area contributed by atoms with Gasteiger partial charge in [-0.25, -0.2) is 0 Å². The Morgan fingerprint density at radius 1 is 0.879 bits per heavy atom. The van der Waals surface area contributed by atoms with Crippen molar-refractivity contribution in [3.05, 3.63) is 54.2 Å². The Balaban J connectivity index is 1.31. The Kier molecular flexibility index (Phi) is 5.87. The van der Waals surface area contributed by atoms with Gasteiger partial charge < -0.3 is 28.7 Å². The first-order valence-electron chi connectivity index (χ1n) is 11.1. The number of anilines is 1. The van der Waals surface area contributed by atoms with E-state index < -0.39 is 0 Å². The molecule has 4 heterocycles. The van der Waals surface area contributed by atoms with Crippen LogP contribution in [0.4, 0.5) is 5.69 Å². The predicted molar refractivity (Wildman–Crippen MR) is 119 cm³/mol. The van der Waals surface area contributed by atoms with Crippen LogP contribution in [-0.2, 0) is 9.53 Å². The van der Waals surface area contributed by atoms with Crippen LogP contribution in [0.3, 0.4) is 0 Å². The average Bonchev–Trinajstić information content (AvgIpc) is 3.53. The van der Waals surface area contributed by atoms with E-state index in [4.69, 9.17) is 13.6 Å². The molecule has 0 unspecified atom stereocenters. The maximum atomic E-state index is 13.2. The summed E-state index contributed by atoms with van der Waals surface area (Å²) in [4.78, 5) is 42.1. The van der Waals surface area contributed by atoms with Crippen LogP contribution in [-0.4, -0.2) is 66.9 Å². The zero-order valence-electron chi connectivity index (χ0n) is 18.1. The Morgan fingerprint density at radius 3 is 2.33 bits per heavy atom. The van der Waals surface area contributed by atoms with Crippen molar-refractivity contribution < 1.29 is 28.0 Å². The van der Waals surface area contributed by atoms with Gasteiger partial charge in [0.2, 0.25) is 11.7 Å². The number of nitrogens with zero attached hydrogens (tertiary/aromatic N) is 2. The maximum absolute atomic E-state index is 13.2. The zero-order chi connectivity index (χ0) is 22.8. The molecule has 3 aromatic rings. The van der Waals surface area contributed by atoms with Crippen molar-refractivity contribution in [2.45, 2.75) is 12.8 Å². The summed E-state index contributed by atoms with van der Waals surface area (Å²) < 4.78 is 16.4. The van der Waals surface area contributed by atoms with Gasteiger partial charge in [-0.3, -0.25) is 14.4 Å². The summed E-state index contributed by atoms with van der Waals surface area (Å²) in [7, 11) is 0. The first-order valence-corrected chi connectivity index (χ1v) is 11.1. The van der Waals surface area contributed by atoms with Gasteiger partial charge >= 0.3 is 0 Å². The third-order valence-electron chi connectivity index (χ3n) is 6.22. The zero-order valence-corrected chi connectivity index (χ0v) is 18.1. The average molecular weight is 451 g/mol. The number of benzene rings is 1. The van der Waals surface area contributed by atoms with Crippen molar-refractivity contribution in [1.82, 2.24) is 9.80 Å². The van der Waals surface area contributed by atoms with Crippen molar-refractivity contribution in [2.24, 2.45) is 5.92 Å². The summed E-state index contributed by atoms with van der Waals surface area (Å²) in [6.45, 7) is 2.83. The number of morpholine rings is 1. The SMILES string of the molecule is O=C(Nc1c(C(=O)N2CCOCC2)oc2ccccc12)C1CCN(C(=O)c2ccco2)CC1. The number of fused-ring (bicyclic) bond motifs is 1. The summed E-state index contributed by atoms with van der Waals surface area (Å²) in [5, 5.41) is 3.65. The van der Waals surface area contributed by atoms with Crippen molar-refractivity contribution in [1.29, 1.82) is 0 Å². The van der Waals surface area contributed by atoms with E-state index >= 15 is 0 Å². The number of ether oxygens (including phenoxy) is 1. The van der Waals surface area contributed by atoms with E-state index in [1.165, 1.54) is 6.26 Å². The molecule has 9 heteroatoms. The van der Waals surface area contributed by atoms with Crippen molar-refractivity contribution in [3.8, 4) is 0 Å². The standard InChI is InChI=1S/C24H25N3O6/c28-22(16-7-9-26(10-8-16)23(29)19-6-3-13-32-19)25-20-17-4-1-2-5-18(17)33-21(20)24(30)27-11-14-31-15-12-27/h1-6,13,16H,7-12,14-15H2,(H,25,28). The Bertz CT molecular complexity index is 1150. The number of amides is 3. The van der Waals surface area contributed by atoms with Crippen LogP contribution in [0.1, 0.15) is 34.0 Å². The number of likely N-dealkylation sites (tertiary alicyclic amines) is 1. The third-order valence-corrected chi connectivity index (χ3v) is 6.22. The molecule has 0 radical (unpaired) electrons. The molecule has 2 aliphatic heterocycles. The van der Waals surface area contributed by atoms with Crippen molar-refractivity contribution in [2.75, 3.05) is 44.7 Å². The number of rotatable bonds is 4. The first kappa shape index (κ1) is 21.3. The fourth-order valence-electron chi connectivity index (χ4n) is 4.36. The van der Waals surface area contributed by atoms with E-state index in [2.05, 4.69) is 5.32 Å². The summed E-state index contributed by atoms with van der Waals surface area (Å²) in [6.07, 6.45) is 2.53. The molecule has 2 saturated heterocycles. The number of furan rings is 2. The maximum Gasteiger partial charge on any atom is 0.291 e. The minimum atomic E-state index is -0.273. The molecule has 1 N–H and O–H groups in total. The highest BCUT2D eigenvalue weighted by atomic mass is 16.5. The quantitative estimate of drug-likeness (QED) is 0.654. The monoisotopic (exact) mass is 451 g/mol. The van der Waals surface area contributed by atoms with E-state index in [9.17, 15) is 14.4 Å². The second-order valence-electron chi connectivity index (χ2n) is 8.24. The van der Waals surface area contributed by atoms with E-state index in [1.54, 1.807) is 28.0 Å². The Morgan fingerprint density at radius 2 is 1.61 bits per heavy atom. The molecular weight excluding hydrogens is 426 g/mol. The summed E-state index contributed by atoms with van der Waals surface area (Å²) in [5.41, 5.74) is 0.949. The van der Waals surface area contributed by atoms with E-state index in [0.29, 0.717) is 74.7 Å². The minimum Gasteiger partial charge on any atom is -0.459 e. The van der Waals surface area contributed by atoms with E-state index in [1.807, 2.05) is 18.2 Å². The molecule has 33 heavy (non-hydrogen) atoms. The van der Waals surface area contributed by atoms with Crippen LogP contribution in [0.25, 0.3) is 11.0 Å². The number of nitrogens with one attached hydrogen (secondary N) is 1. The minimum absolute atomic E-state index is 0.136. The van der Waals surface area contributed by atoms with Gasteiger partial charge in [-0.15, -0.1) is 0 Å². The summed E-state index contributed by atoms with van der Waals surface area (Å²) >= 11 is 0. The number of para-hydroxylation sites is 1. The number of carbonyl (C=O) groups excluding carboxylic acids is 3. The van der Waals surface area contributed by atoms with E-state index in [0.717, 1.165) is 0 Å². The van der Waals surface area contributed by atoms with E-state index in [-0.39, 0.29) is 29.4 Å². The van der Waals surface area contributed by atoms with Gasteiger partial charge in [0.25, 0.3) is 11.8 Å². The molecule has 9 nitrogen and oxygen atoms in total. The lowest BCUT2D eigenvalue weighted by Gasteiger charge is -2.30. The fourth-order valence-corrected chi connectivity index (χ4v) is 4.36. The lowest BCUT2D eigenvalue weighted by atomic mass is 9.95. The highest BCUT2D eigenvalue weighted by Crippen LogP contribution is 2.33. The molecule has 2 fully saturated rings. The van der Waals surface area contributed by atoms with Gasteiger partial charge in [-0.2, -0.15) is 0 Å². The second-order valence-corrected chi connectivity index (χ2v) is 8.24. The first-order chi connectivity index (χ1) is 16.1. The van der Waals surface area contributed by atoms with Crippen LogP contribution < -0.4 is 5.32 Å². The highest BCUT2D eigenvalue weighted by molar-refractivity contribution is 6.11. The van der Waals surface area contributed by atoms with Crippen molar-refractivity contribution in [3.63, 3.8) is 0 Å². The van der Waals surface area contributed by atoms with Gasteiger partial charge in [0.15, 0.2) is 5.76 Å². The molecular formula is C24H25N3O6. The number of piperidine rings is 1. The lowest BCUT2D eigenvalue weighted by molar-refractivity contribution is -0.121. The van der Waals surface area contributed by atoms with Crippen LogP contribution in [0, 0.1) is 5.92 Å². The Labute approximate surface area is 190 Å². The molecule has 1 aromatic carbocycles. The molecule has 5 rings (SSSR count). The topological polar surface area (TPSA) is 105 Å². The molecule has 0 bridgehead atoms. The molecule has 0 atom stereocenters. The van der Waals surface area contributed by atoms with Crippen molar-refractivity contribution >= 4 is 34.4 Å². The van der Waals surface area contributed by atoms with Crippen LogP contribution >= 0.6 is 0 Å². The summed E-state index contributed by atoms with van der Waals surface area (Å²) in [5.74, 6) is -0.444. The van der Waals surface area contributed by atoms with Gasteiger partial charge in [-0.05, 0) is 37.1 Å². The van der Waals surface area contributed by atoms with Crippen LogP contribution in [0.15, 0.2) is 51.5 Å². The molecule has 172 valence electrons. The number of carbonyl (C=O) groups is 3. The molecule has 2 aliphatic rings. The molecule has 0 spiro atoms. The van der Waals surface area contributed by atoms with Crippen LogP contribution in [0.2, 0.25) is 0 Å². The number of hydrogen-bond acceptors (Lipinski definition) is 6. The van der Waals surface area contributed by atoms with Gasteiger partial charge in [-0.1, -0.05) is 12.1 Å². The van der Waals surface area contributed by atoms with Gasteiger partial charge in [0.1, 0.15) is 11.3 Å². The van der Waals surface area contributed by atoms with Gasteiger partial charge in [0.05, 0.1) is 19.5 Å².